The van der Waals surface area contributed by atoms with E-state index in [0.29, 0.717) is 21.5 Å². The third-order valence-corrected chi connectivity index (χ3v) is 2.59. The van der Waals surface area contributed by atoms with Crippen LogP contribution in [0.4, 0.5) is 5.69 Å². The van der Waals surface area contributed by atoms with Crippen molar-refractivity contribution >= 4 is 16.6 Å². The van der Waals surface area contributed by atoms with Crippen LogP contribution in [0, 0.1) is 13.8 Å². The molecule has 0 spiro atoms. The van der Waals surface area contributed by atoms with Crippen LogP contribution in [0.1, 0.15) is 11.1 Å². The first kappa shape index (κ1) is 8.68. The van der Waals surface area contributed by atoms with Crippen molar-refractivity contribution in [2.75, 3.05) is 5.73 Å². The van der Waals surface area contributed by atoms with Gasteiger partial charge in [-0.25, -0.2) is 0 Å². The first-order valence-corrected chi connectivity index (χ1v) is 4.18. The molecule has 1 heterocycles. The fraction of sp³-hybridized carbons (Fsp3) is 0.222. The van der Waals surface area contributed by atoms with Crippen molar-refractivity contribution in [1.29, 1.82) is 0 Å². The highest BCUT2D eigenvalue weighted by atomic mass is 16.5. The number of nitrogen functional groups attached to an aromatic ring is 1. The number of benzene rings is 1. The Morgan fingerprint density at radius 2 is 2.00 bits per heavy atom. The van der Waals surface area contributed by atoms with Gasteiger partial charge in [-0.05, 0) is 25.0 Å². The molecule has 0 unspecified atom stereocenters. The lowest BCUT2D eigenvalue weighted by Crippen LogP contribution is -1.97. The van der Waals surface area contributed by atoms with Crippen molar-refractivity contribution < 1.29 is 10.3 Å². The number of aromatic nitrogens is 2. The average molecular weight is 193 g/mol. The fourth-order valence-electron chi connectivity index (χ4n) is 1.52. The van der Waals surface area contributed by atoms with Crippen LogP contribution < -0.4 is 5.73 Å². The van der Waals surface area contributed by atoms with Gasteiger partial charge in [-0.2, -0.15) is 0 Å². The van der Waals surface area contributed by atoms with Gasteiger partial charge in [0.05, 0.1) is 11.6 Å². The van der Waals surface area contributed by atoms with Crippen LogP contribution in [0.15, 0.2) is 6.20 Å². The van der Waals surface area contributed by atoms with Gasteiger partial charge >= 0.3 is 0 Å². The number of rotatable bonds is 0. The number of phenolic OH excluding ortho intramolecular Hbond substituents is 1. The molecule has 0 bridgehead atoms. The van der Waals surface area contributed by atoms with Gasteiger partial charge in [0.1, 0.15) is 5.75 Å². The van der Waals surface area contributed by atoms with E-state index in [4.69, 9.17) is 5.73 Å². The van der Waals surface area contributed by atoms with Gasteiger partial charge in [-0.3, -0.25) is 0 Å². The zero-order chi connectivity index (χ0) is 10.5. The number of hydrogen-bond donors (Lipinski definition) is 3. The van der Waals surface area contributed by atoms with E-state index in [1.54, 1.807) is 6.92 Å². The Bertz CT molecular complexity index is 516. The highest BCUT2D eigenvalue weighted by Gasteiger charge is 2.15. The SMILES string of the molecule is Cc1c(C)c(O)c2c(cnn2O)c1N. The summed E-state index contributed by atoms with van der Waals surface area (Å²) in [6.45, 7) is 3.56. The van der Waals surface area contributed by atoms with E-state index in [-0.39, 0.29) is 11.3 Å². The third-order valence-electron chi connectivity index (χ3n) is 2.59. The molecule has 2 rings (SSSR count). The minimum absolute atomic E-state index is 0.0201. The van der Waals surface area contributed by atoms with E-state index in [0.717, 1.165) is 5.56 Å². The first-order chi connectivity index (χ1) is 6.54. The lowest BCUT2D eigenvalue weighted by atomic mass is 10.0. The van der Waals surface area contributed by atoms with Crippen LogP contribution in [0.2, 0.25) is 0 Å². The summed E-state index contributed by atoms with van der Waals surface area (Å²) in [5.74, 6) is 0.0201. The Balaban J connectivity index is 3.05. The van der Waals surface area contributed by atoms with Crippen molar-refractivity contribution in [2.24, 2.45) is 0 Å². The lowest BCUT2D eigenvalue weighted by Gasteiger charge is -2.08. The van der Waals surface area contributed by atoms with E-state index < -0.39 is 0 Å². The summed E-state index contributed by atoms with van der Waals surface area (Å²) in [6.07, 6.45) is 1.43. The second-order valence-corrected chi connectivity index (χ2v) is 3.31. The molecular weight excluding hydrogens is 182 g/mol. The maximum absolute atomic E-state index is 9.76. The molecule has 0 amide bonds. The summed E-state index contributed by atoms with van der Waals surface area (Å²) in [5, 5.41) is 23.3. The summed E-state index contributed by atoms with van der Waals surface area (Å²) < 4.78 is 0. The molecule has 1 aromatic heterocycles. The molecule has 0 atom stereocenters. The van der Waals surface area contributed by atoms with Gasteiger partial charge in [0.25, 0.3) is 0 Å². The number of fused-ring (bicyclic) bond motifs is 1. The topological polar surface area (TPSA) is 84.3 Å². The number of nitrogens with zero attached hydrogens (tertiary/aromatic N) is 2. The zero-order valence-electron chi connectivity index (χ0n) is 7.94. The van der Waals surface area contributed by atoms with E-state index >= 15 is 0 Å². The standard InChI is InChI=1S/C9H11N3O2/c1-4-5(2)9(13)8-6(7(4)10)3-11-12(8)14/h3,13-14H,10H2,1-2H3. The van der Waals surface area contributed by atoms with Crippen LogP contribution in [-0.2, 0) is 0 Å². The molecule has 0 saturated carbocycles. The molecule has 2 aromatic rings. The summed E-state index contributed by atoms with van der Waals surface area (Å²) in [6, 6.07) is 0. The van der Waals surface area contributed by atoms with E-state index in [9.17, 15) is 10.3 Å². The molecule has 0 radical (unpaired) electrons. The maximum Gasteiger partial charge on any atom is 0.154 e. The van der Waals surface area contributed by atoms with Crippen LogP contribution in [-0.4, -0.2) is 20.3 Å². The first-order valence-electron chi connectivity index (χ1n) is 4.18. The second-order valence-electron chi connectivity index (χ2n) is 3.31. The maximum atomic E-state index is 9.76. The predicted octanol–water partition coefficient (Wildman–Crippen LogP) is 1.18. The Kier molecular flexibility index (Phi) is 1.57. The Hall–Kier alpha value is -1.91. The van der Waals surface area contributed by atoms with Crippen molar-refractivity contribution in [1.82, 2.24) is 9.94 Å². The molecule has 14 heavy (non-hydrogen) atoms. The molecule has 5 nitrogen and oxygen atoms in total. The molecule has 0 aliphatic carbocycles. The van der Waals surface area contributed by atoms with Gasteiger partial charge in [0.15, 0.2) is 5.52 Å². The summed E-state index contributed by atoms with van der Waals surface area (Å²) >= 11 is 0. The van der Waals surface area contributed by atoms with Crippen LogP contribution in [0.5, 0.6) is 5.75 Å². The van der Waals surface area contributed by atoms with E-state index in [1.807, 2.05) is 6.92 Å². The third kappa shape index (κ3) is 0.863. The Labute approximate surface area is 80.3 Å². The minimum Gasteiger partial charge on any atom is -0.505 e. The molecule has 74 valence electrons. The van der Waals surface area contributed by atoms with Crippen molar-refractivity contribution in [3.05, 3.63) is 17.3 Å². The van der Waals surface area contributed by atoms with Crippen molar-refractivity contribution in [3.8, 4) is 5.75 Å². The van der Waals surface area contributed by atoms with Gasteiger partial charge in [0, 0.05) is 5.69 Å². The van der Waals surface area contributed by atoms with Crippen molar-refractivity contribution in [2.45, 2.75) is 13.8 Å². The monoisotopic (exact) mass is 193 g/mol. The fourth-order valence-corrected chi connectivity index (χ4v) is 1.52. The Morgan fingerprint density at radius 3 is 2.64 bits per heavy atom. The number of aromatic hydroxyl groups is 1. The molecule has 5 heteroatoms. The summed E-state index contributed by atoms with van der Waals surface area (Å²) in [5.41, 5.74) is 8.09. The normalized spacial score (nSPS) is 11.0. The molecular formula is C9H11N3O2. The smallest absolute Gasteiger partial charge is 0.154 e. The highest BCUT2D eigenvalue weighted by molar-refractivity contribution is 5.97. The summed E-state index contributed by atoms with van der Waals surface area (Å²) in [7, 11) is 0. The number of nitrogens with two attached hydrogens (primary N) is 1. The number of phenols is 1. The molecule has 0 aliphatic heterocycles. The highest BCUT2D eigenvalue weighted by Crippen LogP contribution is 2.35. The second kappa shape index (κ2) is 2.54. The van der Waals surface area contributed by atoms with E-state index in [1.165, 1.54) is 6.20 Å². The van der Waals surface area contributed by atoms with Crippen molar-refractivity contribution in [3.63, 3.8) is 0 Å². The van der Waals surface area contributed by atoms with Crippen LogP contribution in [0.3, 0.4) is 0 Å². The predicted molar refractivity (Wildman–Crippen MR) is 52.5 cm³/mol. The van der Waals surface area contributed by atoms with Crippen LogP contribution >= 0.6 is 0 Å². The molecule has 0 fully saturated rings. The van der Waals surface area contributed by atoms with Gasteiger partial charge in [-0.15, -0.1) is 5.10 Å². The van der Waals surface area contributed by atoms with Crippen LogP contribution in [0.25, 0.3) is 10.9 Å². The lowest BCUT2D eigenvalue weighted by molar-refractivity contribution is 0.160. The molecule has 4 N–H and O–H groups in total. The van der Waals surface area contributed by atoms with E-state index in [2.05, 4.69) is 5.10 Å². The van der Waals surface area contributed by atoms with Gasteiger partial charge in [-0.1, -0.05) is 4.85 Å². The quantitative estimate of drug-likeness (QED) is 0.333. The molecule has 0 saturated heterocycles. The molecule has 0 aliphatic rings. The Morgan fingerprint density at radius 1 is 1.36 bits per heavy atom. The summed E-state index contributed by atoms with van der Waals surface area (Å²) in [4.78, 5) is 0.632. The largest absolute Gasteiger partial charge is 0.505 e. The number of anilines is 1. The molecule has 1 aromatic carbocycles. The zero-order valence-corrected chi connectivity index (χ0v) is 7.94. The average Bonchev–Trinajstić information content (AvgIpc) is 2.54. The van der Waals surface area contributed by atoms with Gasteiger partial charge < -0.3 is 16.0 Å². The number of hydrogen-bond acceptors (Lipinski definition) is 4. The van der Waals surface area contributed by atoms with Gasteiger partial charge in [0.2, 0.25) is 0 Å². The minimum atomic E-state index is 0.0201.